The monoisotopic (exact) mass is 426 g/mol. The molecule has 0 radical (unpaired) electrons. The van der Waals surface area contributed by atoms with Crippen LogP contribution >= 0.6 is 0 Å². The predicted octanol–water partition coefficient (Wildman–Crippen LogP) is 8.31. The number of aliphatic hydroxyl groups is 1. The molecule has 0 saturated heterocycles. The molecule has 1 heteroatoms. The van der Waals surface area contributed by atoms with Crippen molar-refractivity contribution >= 4 is 0 Å². The lowest BCUT2D eigenvalue weighted by Crippen LogP contribution is -2.64. The van der Waals surface area contributed by atoms with E-state index in [2.05, 4.69) is 55.4 Å². The van der Waals surface area contributed by atoms with E-state index >= 15 is 0 Å². The van der Waals surface area contributed by atoms with E-state index < -0.39 is 0 Å². The van der Waals surface area contributed by atoms with Crippen LogP contribution in [0, 0.1) is 44.3 Å². The summed E-state index contributed by atoms with van der Waals surface area (Å²) in [5.41, 5.74) is 6.03. The molecule has 5 aliphatic carbocycles. The van der Waals surface area contributed by atoms with Crippen molar-refractivity contribution in [1.29, 1.82) is 0 Å². The summed E-state index contributed by atoms with van der Waals surface area (Å²) in [4.78, 5) is 0. The van der Waals surface area contributed by atoms with E-state index in [0.717, 1.165) is 12.3 Å². The van der Waals surface area contributed by atoms with E-state index in [-0.39, 0.29) is 11.5 Å². The van der Waals surface area contributed by atoms with Gasteiger partial charge in [-0.25, -0.2) is 0 Å². The number of hydrogen-bond acceptors (Lipinski definition) is 1. The van der Waals surface area contributed by atoms with Gasteiger partial charge in [0.2, 0.25) is 0 Å². The maximum absolute atomic E-state index is 10.9. The Bertz CT molecular complexity index is 803. The number of aliphatic hydroxyl groups excluding tert-OH is 1. The third-order valence-corrected chi connectivity index (χ3v) is 12.9. The van der Waals surface area contributed by atoms with Crippen LogP contribution in [-0.4, -0.2) is 11.2 Å². The number of rotatable bonds is 0. The average molecular weight is 427 g/mol. The van der Waals surface area contributed by atoms with E-state index in [1.54, 1.807) is 0 Å². The Hall–Kier alpha value is -0.300. The van der Waals surface area contributed by atoms with Crippen LogP contribution < -0.4 is 0 Å². The molecule has 5 aliphatic rings. The van der Waals surface area contributed by atoms with E-state index in [0.29, 0.717) is 33.0 Å². The molecule has 0 aromatic heterocycles. The molecule has 0 bridgehead atoms. The van der Waals surface area contributed by atoms with Crippen LogP contribution in [0.2, 0.25) is 0 Å². The fourth-order valence-electron chi connectivity index (χ4n) is 10.5. The molecule has 0 unspecified atom stereocenters. The van der Waals surface area contributed by atoms with Gasteiger partial charge in [0, 0.05) is 0 Å². The maximum Gasteiger partial charge on any atom is 0.0594 e. The molecule has 4 fully saturated rings. The largest absolute Gasteiger partial charge is 0.393 e. The third kappa shape index (κ3) is 2.77. The molecule has 0 heterocycles. The molecule has 0 aromatic carbocycles. The zero-order chi connectivity index (χ0) is 22.7. The van der Waals surface area contributed by atoms with E-state index in [1.807, 2.05) is 11.1 Å². The molecule has 1 nitrogen and oxygen atoms in total. The Labute approximate surface area is 192 Å². The Morgan fingerprint density at radius 3 is 2.06 bits per heavy atom. The van der Waals surface area contributed by atoms with Crippen LogP contribution in [0.5, 0.6) is 0 Å². The second kappa shape index (κ2) is 6.43. The Kier molecular flexibility index (Phi) is 4.66. The Balaban J connectivity index is 1.59. The first kappa shape index (κ1) is 22.5. The summed E-state index contributed by atoms with van der Waals surface area (Å²) in [5.74, 6) is 1.47. The SMILES string of the molecule is CC1(C)CC[C@]2(C)CC[C@@]3(C)C(=C2C1)CC[C@@H]1[C@@]2(C)CC[C@H](O)C(C)(C)[C@@H]2CC[C@]13C. The van der Waals surface area contributed by atoms with Crippen LogP contribution in [0.25, 0.3) is 0 Å². The minimum Gasteiger partial charge on any atom is -0.393 e. The second-order valence-electron chi connectivity index (χ2n) is 15.2. The Morgan fingerprint density at radius 2 is 1.35 bits per heavy atom. The maximum atomic E-state index is 10.9. The molecular formula is C30H50O. The fraction of sp³-hybridized carbons (Fsp3) is 0.933. The first-order valence-corrected chi connectivity index (χ1v) is 13.6. The summed E-state index contributed by atoms with van der Waals surface area (Å²) >= 11 is 0. The van der Waals surface area contributed by atoms with Crippen molar-refractivity contribution < 1.29 is 5.11 Å². The summed E-state index contributed by atoms with van der Waals surface area (Å²) in [7, 11) is 0. The summed E-state index contributed by atoms with van der Waals surface area (Å²) in [6.45, 7) is 20.4. The first-order valence-electron chi connectivity index (χ1n) is 13.6. The zero-order valence-electron chi connectivity index (χ0n) is 22.0. The highest BCUT2D eigenvalue weighted by atomic mass is 16.3. The van der Waals surface area contributed by atoms with Gasteiger partial charge in [0.1, 0.15) is 0 Å². The van der Waals surface area contributed by atoms with Gasteiger partial charge in [-0.05, 0) is 115 Å². The molecule has 1 N–H and O–H groups in total. The smallest absolute Gasteiger partial charge is 0.0594 e. The Morgan fingerprint density at radius 1 is 0.677 bits per heavy atom. The van der Waals surface area contributed by atoms with Crippen LogP contribution in [0.3, 0.4) is 0 Å². The van der Waals surface area contributed by atoms with Crippen molar-refractivity contribution in [2.45, 2.75) is 132 Å². The topological polar surface area (TPSA) is 20.2 Å². The molecule has 4 saturated carbocycles. The predicted molar refractivity (Wildman–Crippen MR) is 131 cm³/mol. The van der Waals surface area contributed by atoms with Gasteiger partial charge in [0.05, 0.1) is 6.10 Å². The molecule has 31 heavy (non-hydrogen) atoms. The van der Waals surface area contributed by atoms with Gasteiger partial charge >= 0.3 is 0 Å². The third-order valence-electron chi connectivity index (χ3n) is 12.9. The van der Waals surface area contributed by atoms with Crippen molar-refractivity contribution in [2.24, 2.45) is 44.3 Å². The molecule has 0 aliphatic heterocycles. The lowest BCUT2D eigenvalue weighted by molar-refractivity contribution is -0.204. The van der Waals surface area contributed by atoms with Crippen molar-refractivity contribution in [3.63, 3.8) is 0 Å². The first-order chi connectivity index (χ1) is 14.2. The highest BCUT2D eigenvalue weighted by Gasteiger charge is 2.67. The normalized spacial score (nSPS) is 53.1. The van der Waals surface area contributed by atoms with Crippen molar-refractivity contribution in [1.82, 2.24) is 0 Å². The van der Waals surface area contributed by atoms with Crippen LogP contribution in [0.1, 0.15) is 126 Å². The summed E-state index contributed by atoms with van der Waals surface area (Å²) in [6, 6.07) is 0. The van der Waals surface area contributed by atoms with Crippen molar-refractivity contribution in [2.75, 3.05) is 0 Å². The average Bonchev–Trinajstić information content (AvgIpc) is 2.67. The van der Waals surface area contributed by atoms with Gasteiger partial charge in [0.25, 0.3) is 0 Å². The molecule has 0 aromatic rings. The number of fused-ring (bicyclic) bond motifs is 6. The standard InChI is InChI=1S/C30H50O/c1-25(2)15-16-27(5)17-18-29(7)20(21(27)19-25)9-10-23-28(6)13-12-24(31)26(3,4)22(28)11-14-30(23,29)8/h22-24,31H,9-19H2,1-8H3/t22-,23+,24-,27+,28-,29-,30+/m0/s1. The minimum atomic E-state index is -0.119. The molecule has 176 valence electrons. The zero-order valence-corrected chi connectivity index (χ0v) is 22.0. The second-order valence-corrected chi connectivity index (χ2v) is 15.2. The van der Waals surface area contributed by atoms with E-state index in [9.17, 15) is 5.11 Å². The number of allylic oxidation sites excluding steroid dienone is 2. The lowest BCUT2D eigenvalue weighted by atomic mass is 9.34. The van der Waals surface area contributed by atoms with Crippen LogP contribution in [0.4, 0.5) is 0 Å². The van der Waals surface area contributed by atoms with Gasteiger partial charge in [-0.2, -0.15) is 0 Å². The highest BCUT2D eigenvalue weighted by Crippen LogP contribution is 2.75. The molecule has 0 amide bonds. The van der Waals surface area contributed by atoms with E-state index in [1.165, 1.54) is 64.2 Å². The molecular weight excluding hydrogens is 376 g/mol. The van der Waals surface area contributed by atoms with Crippen molar-refractivity contribution in [3.05, 3.63) is 11.1 Å². The number of hydrogen-bond donors (Lipinski definition) is 1. The van der Waals surface area contributed by atoms with Gasteiger partial charge in [0.15, 0.2) is 0 Å². The van der Waals surface area contributed by atoms with Crippen LogP contribution in [-0.2, 0) is 0 Å². The minimum absolute atomic E-state index is 0.0620. The summed E-state index contributed by atoms with van der Waals surface area (Å²) < 4.78 is 0. The van der Waals surface area contributed by atoms with Gasteiger partial charge in [-0.1, -0.05) is 66.5 Å². The summed E-state index contributed by atoms with van der Waals surface area (Å²) in [6.07, 6.45) is 14.5. The highest BCUT2D eigenvalue weighted by molar-refractivity contribution is 5.38. The quantitative estimate of drug-likeness (QED) is 0.386. The van der Waals surface area contributed by atoms with Gasteiger partial charge in [-0.3, -0.25) is 0 Å². The van der Waals surface area contributed by atoms with Gasteiger partial charge in [-0.15, -0.1) is 0 Å². The fourth-order valence-corrected chi connectivity index (χ4v) is 10.5. The van der Waals surface area contributed by atoms with E-state index in [4.69, 9.17) is 0 Å². The molecule has 5 rings (SSSR count). The molecule has 7 atom stereocenters. The van der Waals surface area contributed by atoms with Crippen molar-refractivity contribution in [3.8, 4) is 0 Å². The molecule has 0 spiro atoms. The lowest BCUT2D eigenvalue weighted by Gasteiger charge is -2.71. The van der Waals surface area contributed by atoms with Gasteiger partial charge < -0.3 is 5.11 Å². The van der Waals surface area contributed by atoms with Crippen LogP contribution in [0.15, 0.2) is 11.1 Å². The summed E-state index contributed by atoms with van der Waals surface area (Å²) in [5, 5.41) is 10.9.